The fraction of sp³-hybridized carbons (Fsp3) is 0.867. The highest BCUT2D eigenvalue weighted by atomic mass is 14.9. The average molecular weight is 255 g/mol. The van der Waals surface area contributed by atoms with Crippen LogP contribution in [-0.2, 0) is 0 Å². The Balaban J connectivity index is 4.72. The van der Waals surface area contributed by atoms with Crippen molar-refractivity contribution in [2.45, 2.75) is 46.2 Å². The molecule has 5 unspecified atom stereocenters. The molecule has 5 atom stereocenters. The summed E-state index contributed by atoms with van der Waals surface area (Å²) in [5.41, 5.74) is 5.93. The third-order valence-corrected chi connectivity index (χ3v) is 3.89. The first-order valence-electron chi connectivity index (χ1n) is 7.23. The van der Waals surface area contributed by atoms with Gasteiger partial charge >= 0.3 is 0 Å². The highest BCUT2D eigenvalue weighted by molar-refractivity contribution is 4.93. The average Bonchev–Trinajstić information content (AvgIpc) is 2.32. The molecule has 3 nitrogen and oxygen atoms in total. The van der Waals surface area contributed by atoms with Crippen LogP contribution in [0.5, 0.6) is 0 Å². The highest BCUT2D eigenvalue weighted by Crippen LogP contribution is 2.28. The van der Waals surface area contributed by atoms with Gasteiger partial charge in [0.1, 0.15) is 0 Å². The van der Waals surface area contributed by atoms with E-state index in [1.807, 2.05) is 7.05 Å². The predicted octanol–water partition coefficient (Wildman–Crippen LogP) is 2.00. The summed E-state index contributed by atoms with van der Waals surface area (Å²) in [6.45, 7) is 14.8. The Labute approximate surface area is 114 Å². The molecule has 18 heavy (non-hydrogen) atoms. The molecule has 0 amide bonds. The molecule has 0 radical (unpaired) electrons. The molecule has 0 aliphatic rings. The minimum Gasteiger partial charge on any atom is -0.328 e. The minimum atomic E-state index is 0.257. The van der Waals surface area contributed by atoms with Crippen molar-refractivity contribution in [3.63, 3.8) is 0 Å². The van der Waals surface area contributed by atoms with Gasteiger partial charge in [0.25, 0.3) is 0 Å². The van der Waals surface area contributed by atoms with Crippen molar-refractivity contribution in [3.05, 3.63) is 12.7 Å². The number of nitrogens with two attached hydrogens (primary N) is 1. The van der Waals surface area contributed by atoms with Crippen molar-refractivity contribution in [3.8, 4) is 0 Å². The van der Waals surface area contributed by atoms with E-state index in [1.54, 1.807) is 0 Å². The Morgan fingerprint density at radius 2 is 1.89 bits per heavy atom. The molecule has 0 aromatic carbocycles. The van der Waals surface area contributed by atoms with Gasteiger partial charge in [-0.15, -0.1) is 6.58 Å². The molecule has 0 rings (SSSR count). The zero-order valence-corrected chi connectivity index (χ0v) is 12.9. The highest BCUT2D eigenvalue weighted by Gasteiger charge is 2.28. The third kappa shape index (κ3) is 5.98. The lowest BCUT2D eigenvalue weighted by Gasteiger charge is -2.34. The first kappa shape index (κ1) is 17.6. The van der Waals surface area contributed by atoms with Crippen molar-refractivity contribution in [2.75, 3.05) is 20.1 Å². The van der Waals surface area contributed by atoms with Crippen LogP contribution in [0.15, 0.2) is 12.7 Å². The van der Waals surface area contributed by atoms with Gasteiger partial charge < -0.3 is 16.4 Å². The third-order valence-electron chi connectivity index (χ3n) is 3.89. The van der Waals surface area contributed by atoms with E-state index in [9.17, 15) is 0 Å². The van der Waals surface area contributed by atoms with E-state index in [4.69, 9.17) is 5.73 Å². The van der Waals surface area contributed by atoms with Gasteiger partial charge in [-0.25, -0.2) is 0 Å². The van der Waals surface area contributed by atoms with Gasteiger partial charge in [0.2, 0.25) is 0 Å². The van der Waals surface area contributed by atoms with Crippen LogP contribution in [0.1, 0.15) is 34.1 Å². The summed E-state index contributed by atoms with van der Waals surface area (Å²) in [5, 5.41) is 6.85. The van der Waals surface area contributed by atoms with Gasteiger partial charge in [-0.3, -0.25) is 0 Å². The normalized spacial score (nSPS) is 19.9. The fourth-order valence-electron chi connectivity index (χ4n) is 2.74. The summed E-state index contributed by atoms with van der Waals surface area (Å²) in [5.74, 6) is 1.63. The van der Waals surface area contributed by atoms with Gasteiger partial charge in [0.15, 0.2) is 0 Å². The monoisotopic (exact) mass is 255 g/mol. The van der Waals surface area contributed by atoms with Crippen molar-refractivity contribution in [1.82, 2.24) is 10.6 Å². The molecule has 0 saturated heterocycles. The first-order chi connectivity index (χ1) is 8.47. The second-order valence-electron chi connectivity index (χ2n) is 5.55. The lowest BCUT2D eigenvalue weighted by atomic mass is 9.76. The molecule has 0 bridgehead atoms. The summed E-state index contributed by atoms with van der Waals surface area (Å²) >= 11 is 0. The van der Waals surface area contributed by atoms with E-state index >= 15 is 0 Å². The Morgan fingerprint density at radius 3 is 2.28 bits per heavy atom. The SMILES string of the molecule is C=CC(C(C)CC(C)N)C(CNCC)C(C)NC. The molecule has 0 aromatic rings. The Bertz CT molecular complexity index is 216. The van der Waals surface area contributed by atoms with Crippen LogP contribution in [0.4, 0.5) is 0 Å². The molecule has 0 spiro atoms. The lowest BCUT2D eigenvalue weighted by Crippen LogP contribution is -2.43. The maximum atomic E-state index is 5.93. The number of hydrogen-bond donors (Lipinski definition) is 3. The first-order valence-corrected chi connectivity index (χ1v) is 7.23. The van der Waals surface area contributed by atoms with E-state index in [1.165, 1.54) is 0 Å². The van der Waals surface area contributed by atoms with Crippen LogP contribution in [0.25, 0.3) is 0 Å². The predicted molar refractivity (Wildman–Crippen MR) is 81.7 cm³/mol. The van der Waals surface area contributed by atoms with Crippen molar-refractivity contribution in [2.24, 2.45) is 23.5 Å². The van der Waals surface area contributed by atoms with Crippen LogP contribution >= 0.6 is 0 Å². The summed E-state index contributed by atoms with van der Waals surface area (Å²) < 4.78 is 0. The molecule has 0 aromatic heterocycles. The van der Waals surface area contributed by atoms with E-state index in [0.717, 1.165) is 19.5 Å². The van der Waals surface area contributed by atoms with Crippen LogP contribution in [0, 0.1) is 17.8 Å². The topological polar surface area (TPSA) is 50.1 Å². The van der Waals surface area contributed by atoms with Crippen LogP contribution in [0.3, 0.4) is 0 Å². The van der Waals surface area contributed by atoms with E-state index in [-0.39, 0.29) is 6.04 Å². The van der Waals surface area contributed by atoms with E-state index < -0.39 is 0 Å². The van der Waals surface area contributed by atoms with Gasteiger partial charge in [0, 0.05) is 12.1 Å². The number of nitrogens with one attached hydrogen (secondary N) is 2. The van der Waals surface area contributed by atoms with Crippen molar-refractivity contribution >= 4 is 0 Å². The summed E-state index contributed by atoms with van der Waals surface area (Å²) in [7, 11) is 2.03. The van der Waals surface area contributed by atoms with Crippen LogP contribution in [0.2, 0.25) is 0 Å². The zero-order valence-electron chi connectivity index (χ0n) is 12.9. The maximum absolute atomic E-state index is 5.93. The largest absolute Gasteiger partial charge is 0.328 e. The molecule has 0 saturated carbocycles. The molecule has 3 heteroatoms. The molecule has 0 fully saturated rings. The molecular formula is C15H33N3. The van der Waals surface area contributed by atoms with Gasteiger partial charge in [0.05, 0.1) is 0 Å². The lowest BCUT2D eigenvalue weighted by molar-refractivity contribution is 0.224. The molecule has 108 valence electrons. The van der Waals surface area contributed by atoms with E-state index in [0.29, 0.717) is 23.8 Å². The zero-order chi connectivity index (χ0) is 14.1. The van der Waals surface area contributed by atoms with Crippen LogP contribution in [-0.4, -0.2) is 32.2 Å². The van der Waals surface area contributed by atoms with Crippen LogP contribution < -0.4 is 16.4 Å². The summed E-state index contributed by atoms with van der Waals surface area (Å²) in [4.78, 5) is 0. The van der Waals surface area contributed by atoms with Gasteiger partial charge in [-0.1, -0.05) is 19.9 Å². The molecular weight excluding hydrogens is 222 g/mol. The summed E-state index contributed by atoms with van der Waals surface area (Å²) in [6.07, 6.45) is 3.17. The standard InChI is InChI=1S/C15H33N3/c1-7-14(11(3)9-12(4)16)15(10-18-8-2)13(5)17-6/h7,11-15,17-18H,1,8-10,16H2,2-6H3. The van der Waals surface area contributed by atoms with E-state index in [2.05, 4.69) is 51.0 Å². The van der Waals surface area contributed by atoms with Gasteiger partial charge in [-0.05, 0) is 58.2 Å². The smallest absolute Gasteiger partial charge is 0.00818 e. The molecule has 0 aliphatic heterocycles. The number of rotatable bonds is 10. The maximum Gasteiger partial charge on any atom is 0.00818 e. The number of hydrogen-bond acceptors (Lipinski definition) is 3. The second kappa shape index (κ2) is 9.54. The Hall–Kier alpha value is -0.380. The molecule has 0 aliphatic carbocycles. The van der Waals surface area contributed by atoms with Crippen molar-refractivity contribution in [1.29, 1.82) is 0 Å². The molecule has 0 heterocycles. The van der Waals surface area contributed by atoms with Gasteiger partial charge in [-0.2, -0.15) is 0 Å². The minimum absolute atomic E-state index is 0.257. The Kier molecular flexibility index (Phi) is 9.34. The quantitative estimate of drug-likeness (QED) is 0.523. The number of allylic oxidation sites excluding steroid dienone is 1. The van der Waals surface area contributed by atoms with Crippen molar-refractivity contribution < 1.29 is 0 Å². The fourth-order valence-corrected chi connectivity index (χ4v) is 2.74. The Morgan fingerprint density at radius 1 is 1.28 bits per heavy atom. The molecule has 4 N–H and O–H groups in total. The summed E-state index contributed by atoms with van der Waals surface area (Å²) in [6, 6.07) is 0.731. The second-order valence-corrected chi connectivity index (χ2v) is 5.55.